The molecule has 2 aromatic heterocycles. The number of fused-ring (bicyclic) bond motifs is 1. The Hall–Kier alpha value is -4.67. The maximum atomic E-state index is 12.8. The molecule has 4 rings (SSSR count). The number of Topliss-reactive ketones (excluding diaryl/α,β-unsaturated/α-hetero) is 1. The predicted octanol–water partition coefficient (Wildman–Crippen LogP) is 1.58. The van der Waals surface area contributed by atoms with E-state index in [-0.39, 0.29) is 24.3 Å². The van der Waals surface area contributed by atoms with E-state index in [2.05, 4.69) is 25.8 Å². The molecule has 1 amide bonds. The Morgan fingerprint density at radius 3 is 2.71 bits per heavy atom. The van der Waals surface area contributed by atoms with Crippen molar-refractivity contribution in [1.29, 1.82) is 0 Å². The number of carboxylic acids is 1. The number of aliphatic carboxylic acids is 1. The first-order chi connectivity index (χ1) is 16.8. The first kappa shape index (κ1) is 23.5. The SMILES string of the molecule is CC(=O)c1cccc(Cn2cc(CC(CC(=O)O)NC(=O)c3n[nH]c4ccccc4c3=O)nn2)c1. The molecule has 0 aliphatic carbocycles. The highest BCUT2D eigenvalue weighted by atomic mass is 16.4. The summed E-state index contributed by atoms with van der Waals surface area (Å²) >= 11 is 0. The molecule has 1 atom stereocenters. The maximum Gasteiger partial charge on any atom is 0.305 e. The number of aromatic amines is 1. The van der Waals surface area contributed by atoms with Crippen LogP contribution >= 0.6 is 0 Å². The largest absolute Gasteiger partial charge is 0.481 e. The Labute approximate surface area is 198 Å². The molecule has 35 heavy (non-hydrogen) atoms. The van der Waals surface area contributed by atoms with Gasteiger partial charge in [0.05, 0.1) is 24.2 Å². The Morgan fingerprint density at radius 2 is 1.94 bits per heavy atom. The topological polar surface area (TPSA) is 160 Å². The molecule has 0 fully saturated rings. The molecule has 0 aliphatic heterocycles. The van der Waals surface area contributed by atoms with Gasteiger partial charge in [-0.25, -0.2) is 4.68 Å². The second-order valence-corrected chi connectivity index (χ2v) is 8.08. The average molecular weight is 474 g/mol. The van der Waals surface area contributed by atoms with Crippen molar-refractivity contribution in [2.45, 2.75) is 32.4 Å². The van der Waals surface area contributed by atoms with Crippen molar-refractivity contribution in [2.24, 2.45) is 0 Å². The van der Waals surface area contributed by atoms with Crippen LogP contribution in [0.3, 0.4) is 0 Å². The van der Waals surface area contributed by atoms with Gasteiger partial charge in [-0.05, 0) is 30.7 Å². The highest BCUT2D eigenvalue weighted by Crippen LogP contribution is 2.10. The van der Waals surface area contributed by atoms with Crippen LogP contribution in [0.15, 0.2) is 59.5 Å². The van der Waals surface area contributed by atoms with Crippen molar-refractivity contribution < 1.29 is 19.5 Å². The standard InChI is InChI=1S/C24H22N6O5/c1-14(31)16-6-4-5-15(9-16)12-30-13-18(26-29-30)10-17(11-21(32)33)25-24(35)22-23(34)19-7-2-3-8-20(19)27-28-22/h2-9,13,17H,10-12H2,1H3,(H,25,35)(H,27,34)(H,32,33). The van der Waals surface area contributed by atoms with Gasteiger partial charge in [0.2, 0.25) is 5.43 Å². The monoisotopic (exact) mass is 474 g/mol. The maximum absolute atomic E-state index is 12.8. The zero-order valence-electron chi connectivity index (χ0n) is 18.8. The molecule has 0 saturated heterocycles. The molecule has 11 heteroatoms. The first-order valence-electron chi connectivity index (χ1n) is 10.8. The molecule has 3 N–H and O–H groups in total. The van der Waals surface area contributed by atoms with Crippen LogP contribution in [0.2, 0.25) is 0 Å². The fourth-order valence-electron chi connectivity index (χ4n) is 3.70. The zero-order chi connectivity index (χ0) is 24.9. The van der Waals surface area contributed by atoms with Crippen LogP contribution in [0.5, 0.6) is 0 Å². The second kappa shape index (κ2) is 10.1. The van der Waals surface area contributed by atoms with E-state index < -0.39 is 23.3 Å². The van der Waals surface area contributed by atoms with Crippen molar-refractivity contribution in [3.63, 3.8) is 0 Å². The van der Waals surface area contributed by atoms with Crippen LogP contribution in [0.4, 0.5) is 0 Å². The lowest BCUT2D eigenvalue weighted by Crippen LogP contribution is -2.40. The van der Waals surface area contributed by atoms with E-state index in [1.807, 2.05) is 6.07 Å². The summed E-state index contributed by atoms with van der Waals surface area (Å²) in [4.78, 5) is 48.4. The van der Waals surface area contributed by atoms with Gasteiger partial charge in [-0.3, -0.25) is 24.3 Å². The Morgan fingerprint density at radius 1 is 1.14 bits per heavy atom. The van der Waals surface area contributed by atoms with Gasteiger partial charge in [0.25, 0.3) is 5.91 Å². The van der Waals surface area contributed by atoms with Crippen molar-refractivity contribution in [3.8, 4) is 0 Å². The van der Waals surface area contributed by atoms with E-state index in [0.717, 1.165) is 5.56 Å². The van der Waals surface area contributed by atoms with Crippen molar-refractivity contribution in [2.75, 3.05) is 0 Å². The highest BCUT2D eigenvalue weighted by molar-refractivity contribution is 5.95. The summed E-state index contributed by atoms with van der Waals surface area (Å²) < 4.78 is 1.56. The smallest absolute Gasteiger partial charge is 0.305 e. The molecular weight excluding hydrogens is 452 g/mol. The lowest BCUT2D eigenvalue weighted by Gasteiger charge is -2.15. The summed E-state index contributed by atoms with van der Waals surface area (Å²) in [5.74, 6) is -1.95. The van der Waals surface area contributed by atoms with Crippen LogP contribution < -0.4 is 10.7 Å². The number of ketones is 1. The predicted molar refractivity (Wildman–Crippen MR) is 125 cm³/mol. The number of carbonyl (C=O) groups excluding carboxylic acids is 2. The number of nitrogens with zero attached hydrogens (tertiary/aromatic N) is 4. The number of hydrogen-bond acceptors (Lipinski definition) is 7. The van der Waals surface area contributed by atoms with Gasteiger partial charge < -0.3 is 10.4 Å². The summed E-state index contributed by atoms with van der Waals surface area (Å²) in [6, 6.07) is 12.9. The number of carbonyl (C=O) groups is 3. The third-order valence-corrected chi connectivity index (χ3v) is 5.37. The number of para-hydroxylation sites is 1. The molecule has 0 spiro atoms. The second-order valence-electron chi connectivity index (χ2n) is 8.08. The van der Waals surface area contributed by atoms with Crippen LogP contribution in [0.25, 0.3) is 10.9 Å². The summed E-state index contributed by atoms with van der Waals surface area (Å²) in [5, 5.41) is 26.9. The number of H-pyrrole nitrogens is 1. The number of benzene rings is 2. The summed E-state index contributed by atoms with van der Waals surface area (Å²) in [7, 11) is 0. The average Bonchev–Trinajstić information content (AvgIpc) is 3.25. The lowest BCUT2D eigenvalue weighted by atomic mass is 10.1. The summed E-state index contributed by atoms with van der Waals surface area (Å²) in [5.41, 5.74) is 1.48. The third kappa shape index (κ3) is 5.64. The molecule has 178 valence electrons. The van der Waals surface area contributed by atoms with E-state index >= 15 is 0 Å². The lowest BCUT2D eigenvalue weighted by molar-refractivity contribution is -0.137. The highest BCUT2D eigenvalue weighted by Gasteiger charge is 2.22. The fourth-order valence-corrected chi connectivity index (χ4v) is 3.70. The quantitative estimate of drug-likeness (QED) is 0.308. The molecule has 11 nitrogen and oxygen atoms in total. The van der Waals surface area contributed by atoms with Crippen molar-refractivity contribution >= 4 is 28.6 Å². The number of aromatic nitrogens is 5. The fraction of sp³-hybridized carbons (Fsp3) is 0.208. The molecular formula is C24H22N6O5. The molecule has 0 aliphatic rings. The van der Waals surface area contributed by atoms with E-state index in [9.17, 15) is 24.3 Å². The molecule has 0 saturated carbocycles. The minimum atomic E-state index is -1.12. The van der Waals surface area contributed by atoms with Crippen LogP contribution in [0, 0.1) is 0 Å². The minimum Gasteiger partial charge on any atom is -0.481 e. The summed E-state index contributed by atoms with van der Waals surface area (Å²) in [6.07, 6.45) is 1.34. The van der Waals surface area contributed by atoms with Gasteiger partial charge in [-0.2, -0.15) is 5.10 Å². The normalized spacial score (nSPS) is 11.8. The van der Waals surface area contributed by atoms with Crippen LogP contribution in [0.1, 0.15) is 45.4 Å². The number of carboxylic acid groups (broad SMARTS) is 1. The number of hydrogen-bond donors (Lipinski definition) is 3. The van der Waals surface area contributed by atoms with Crippen LogP contribution in [-0.2, 0) is 17.8 Å². The van der Waals surface area contributed by atoms with E-state index in [1.54, 1.807) is 53.3 Å². The van der Waals surface area contributed by atoms with Gasteiger partial charge in [-0.15, -0.1) is 5.10 Å². The molecule has 0 radical (unpaired) electrons. The van der Waals surface area contributed by atoms with E-state index in [0.29, 0.717) is 28.7 Å². The molecule has 0 bridgehead atoms. The first-order valence-corrected chi connectivity index (χ1v) is 10.8. The van der Waals surface area contributed by atoms with Gasteiger partial charge in [0.15, 0.2) is 11.5 Å². The Bertz CT molecular complexity index is 1470. The van der Waals surface area contributed by atoms with Gasteiger partial charge in [-0.1, -0.05) is 35.5 Å². The molecule has 4 aromatic rings. The molecule has 1 unspecified atom stereocenters. The van der Waals surface area contributed by atoms with Crippen LogP contribution in [-0.4, -0.2) is 54.0 Å². The third-order valence-electron chi connectivity index (χ3n) is 5.37. The van der Waals surface area contributed by atoms with Gasteiger partial charge >= 0.3 is 5.97 Å². The minimum absolute atomic E-state index is 0.0434. The Balaban J connectivity index is 1.49. The number of nitrogens with one attached hydrogen (secondary N) is 2. The van der Waals surface area contributed by atoms with Crippen molar-refractivity contribution in [1.82, 2.24) is 30.5 Å². The van der Waals surface area contributed by atoms with Gasteiger partial charge in [0, 0.05) is 29.6 Å². The van der Waals surface area contributed by atoms with E-state index in [4.69, 9.17) is 0 Å². The molecule has 2 aromatic carbocycles. The summed E-state index contributed by atoms with van der Waals surface area (Å²) in [6.45, 7) is 1.85. The van der Waals surface area contributed by atoms with E-state index in [1.165, 1.54) is 6.92 Å². The zero-order valence-corrected chi connectivity index (χ0v) is 18.8. The van der Waals surface area contributed by atoms with Gasteiger partial charge in [0.1, 0.15) is 0 Å². The number of amides is 1. The molecule has 2 heterocycles. The number of rotatable bonds is 9. The Kier molecular flexibility index (Phi) is 6.76. The van der Waals surface area contributed by atoms with Crippen molar-refractivity contribution in [3.05, 3.63) is 87.5 Å².